The molecule has 1 N–H and O–H groups in total. The van der Waals surface area contributed by atoms with E-state index >= 15 is 0 Å². The van der Waals surface area contributed by atoms with E-state index in [-0.39, 0.29) is 40.9 Å². The number of anilines is 1. The Bertz CT molecular complexity index is 1910. The van der Waals surface area contributed by atoms with Crippen molar-refractivity contribution in [2.45, 2.75) is 23.4 Å². The first-order valence-electron chi connectivity index (χ1n) is 13.7. The Morgan fingerprint density at radius 2 is 1.09 bits per heavy atom. The van der Waals surface area contributed by atoms with Crippen LogP contribution in [0.15, 0.2) is 132 Å². The Morgan fingerprint density at radius 1 is 0.617 bits per heavy atom. The summed E-state index contributed by atoms with van der Waals surface area (Å²) in [6, 6.07) is 29.2. The van der Waals surface area contributed by atoms with Gasteiger partial charge >= 0.3 is 18.3 Å². The zero-order valence-electron chi connectivity index (χ0n) is 23.9. The SMILES string of the molecule is O=C(OC(c1ccccc1)c1ccccc1)c1ccccc1Oc1ccccc1NS(=O)(=O)c1cc(C(F)(F)F)cc(C(F)(F)F)c1. The summed E-state index contributed by atoms with van der Waals surface area (Å²) in [5, 5.41) is 0. The molecule has 0 heterocycles. The molecule has 0 aromatic heterocycles. The van der Waals surface area contributed by atoms with Crippen LogP contribution < -0.4 is 9.46 Å². The number of rotatable bonds is 9. The first-order valence-corrected chi connectivity index (χ1v) is 15.2. The number of benzene rings is 5. The van der Waals surface area contributed by atoms with Crippen LogP contribution in [0.4, 0.5) is 32.0 Å². The molecular formula is C34H23F6NO5S. The summed E-state index contributed by atoms with van der Waals surface area (Å²) in [5.41, 5.74) is -2.59. The molecule has 0 aliphatic rings. The maximum Gasteiger partial charge on any atom is 0.416 e. The van der Waals surface area contributed by atoms with E-state index in [9.17, 15) is 39.6 Å². The van der Waals surface area contributed by atoms with Gasteiger partial charge in [0, 0.05) is 0 Å². The summed E-state index contributed by atoms with van der Waals surface area (Å²) < 4.78 is 120. The highest BCUT2D eigenvalue weighted by molar-refractivity contribution is 7.92. The van der Waals surface area contributed by atoms with Gasteiger partial charge in [-0.1, -0.05) is 84.9 Å². The maximum atomic E-state index is 13.5. The molecule has 5 aromatic rings. The monoisotopic (exact) mass is 671 g/mol. The van der Waals surface area contributed by atoms with Crippen LogP contribution in [0.5, 0.6) is 11.5 Å². The fourth-order valence-corrected chi connectivity index (χ4v) is 5.66. The van der Waals surface area contributed by atoms with E-state index in [0.29, 0.717) is 11.1 Å². The van der Waals surface area contributed by atoms with Crippen molar-refractivity contribution in [3.63, 3.8) is 0 Å². The molecule has 0 atom stereocenters. The number of halogens is 6. The molecule has 0 saturated carbocycles. The highest BCUT2D eigenvalue weighted by Gasteiger charge is 2.38. The summed E-state index contributed by atoms with van der Waals surface area (Å²) in [7, 11) is -5.02. The van der Waals surface area contributed by atoms with Crippen molar-refractivity contribution in [3.8, 4) is 11.5 Å². The minimum Gasteiger partial charge on any atom is -0.454 e. The van der Waals surface area contributed by atoms with Crippen LogP contribution in [0.2, 0.25) is 0 Å². The summed E-state index contributed by atoms with van der Waals surface area (Å²) >= 11 is 0. The van der Waals surface area contributed by atoms with Crippen molar-refractivity contribution in [2.24, 2.45) is 0 Å². The van der Waals surface area contributed by atoms with E-state index in [0.717, 1.165) is 0 Å². The molecule has 0 amide bonds. The van der Waals surface area contributed by atoms with E-state index in [1.165, 1.54) is 42.5 Å². The fraction of sp³-hybridized carbons (Fsp3) is 0.0882. The minimum absolute atomic E-state index is 0.0466. The second kappa shape index (κ2) is 13.2. The summed E-state index contributed by atoms with van der Waals surface area (Å²) in [6.07, 6.45) is -11.3. The van der Waals surface area contributed by atoms with Gasteiger partial charge < -0.3 is 9.47 Å². The van der Waals surface area contributed by atoms with Crippen LogP contribution in [-0.2, 0) is 27.1 Å². The highest BCUT2D eigenvalue weighted by Crippen LogP contribution is 2.39. The van der Waals surface area contributed by atoms with Gasteiger partial charge in [0.25, 0.3) is 10.0 Å². The molecule has 0 radical (unpaired) electrons. The molecule has 5 aromatic carbocycles. The molecule has 47 heavy (non-hydrogen) atoms. The Morgan fingerprint density at radius 3 is 1.62 bits per heavy atom. The van der Waals surface area contributed by atoms with Gasteiger partial charge in [-0.3, -0.25) is 4.72 Å². The summed E-state index contributed by atoms with van der Waals surface area (Å²) in [5.74, 6) is -1.07. The largest absolute Gasteiger partial charge is 0.454 e. The van der Waals surface area contributed by atoms with Crippen molar-refractivity contribution < 1.29 is 49.0 Å². The Labute approximate surface area is 265 Å². The third-order valence-corrected chi connectivity index (χ3v) is 8.10. The number of carbonyl (C=O) groups excluding carboxylic acids is 1. The molecule has 0 aliphatic carbocycles. The molecule has 0 saturated heterocycles. The van der Waals surface area contributed by atoms with Crippen LogP contribution in [0.25, 0.3) is 0 Å². The van der Waals surface area contributed by atoms with E-state index in [1.807, 2.05) is 16.9 Å². The molecule has 0 unspecified atom stereocenters. The van der Waals surface area contributed by atoms with Gasteiger partial charge in [0.05, 0.1) is 21.7 Å². The van der Waals surface area contributed by atoms with Gasteiger partial charge in [-0.25, -0.2) is 13.2 Å². The van der Waals surface area contributed by atoms with E-state index in [4.69, 9.17) is 9.47 Å². The van der Waals surface area contributed by atoms with Crippen LogP contribution in [0.3, 0.4) is 0 Å². The molecule has 0 aliphatic heterocycles. The Hall–Kier alpha value is -5.30. The van der Waals surface area contributed by atoms with E-state index < -0.39 is 50.5 Å². The van der Waals surface area contributed by atoms with Gasteiger partial charge in [-0.05, 0) is 53.6 Å². The third-order valence-electron chi connectivity index (χ3n) is 6.76. The zero-order chi connectivity index (χ0) is 33.8. The number of nitrogens with one attached hydrogen (secondary N) is 1. The van der Waals surface area contributed by atoms with Crippen molar-refractivity contribution in [3.05, 3.63) is 155 Å². The van der Waals surface area contributed by atoms with Gasteiger partial charge in [-0.15, -0.1) is 0 Å². The zero-order valence-corrected chi connectivity index (χ0v) is 24.7. The number of hydrogen-bond acceptors (Lipinski definition) is 5. The first-order chi connectivity index (χ1) is 22.2. The van der Waals surface area contributed by atoms with Crippen LogP contribution in [0.1, 0.15) is 38.7 Å². The lowest BCUT2D eigenvalue weighted by Crippen LogP contribution is -2.18. The fourth-order valence-electron chi connectivity index (χ4n) is 4.52. The third kappa shape index (κ3) is 7.93. The molecule has 0 spiro atoms. The van der Waals surface area contributed by atoms with E-state index in [1.54, 1.807) is 54.6 Å². The first kappa shape index (κ1) is 33.1. The van der Waals surface area contributed by atoms with Crippen molar-refractivity contribution in [1.29, 1.82) is 0 Å². The average molecular weight is 672 g/mol. The van der Waals surface area contributed by atoms with Crippen LogP contribution >= 0.6 is 0 Å². The molecule has 242 valence electrons. The summed E-state index contributed by atoms with van der Waals surface area (Å²) in [6.45, 7) is 0. The minimum atomic E-state index is -5.26. The molecular weight excluding hydrogens is 648 g/mol. The molecule has 5 rings (SSSR count). The molecule has 13 heteroatoms. The predicted molar refractivity (Wildman–Crippen MR) is 160 cm³/mol. The molecule has 0 bridgehead atoms. The standard InChI is InChI=1S/C34H23F6NO5S/c35-33(36,37)24-19-25(34(38,39)40)21-26(20-24)47(43,44)41-28-16-8-10-18-30(28)45-29-17-9-7-15-27(29)32(42)46-31(22-11-3-1-4-12-22)23-13-5-2-6-14-23/h1-21,31,41H. The highest BCUT2D eigenvalue weighted by atomic mass is 32.2. The smallest absolute Gasteiger partial charge is 0.416 e. The second-order valence-corrected chi connectivity index (χ2v) is 11.7. The summed E-state index contributed by atoms with van der Waals surface area (Å²) in [4.78, 5) is 12.3. The lowest BCUT2D eigenvalue weighted by Gasteiger charge is -2.20. The van der Waals surface area contributed by atoms with Gasteiger partial charge in [0.2, 0.25) is 0 Å². The van der Waals surface area contributed by atoms with Gasteiger partial charge in [0.1, 0.15) is 11.3 Å². The van der Waals surface area contributed by atoms with Crippen molar-refractivity contribution >= 4 is 21.7 Å². The number of para-hydroxylation sites is 3. The molecule has 6 nitrogen and oxygen atoms in total. The van der Waals surface area contributed by atoms with Gasteiger partial charge in [-0.2, -0.15) is 26.3 Å². The number of alkyl halides is 6. The Kier molecular flexibility index (Phi) is 9.29. The maximum absolute atomic E-state index is 13.5. The number of carbonyl (C=O) groups is 1. The van der Waals surface area contributed by atoms with Crippen molar-refractivity contribution in [1.82, 2.24) is 0 Å². The number of esters is 1. The number of hydrogen-bond donors (Lipinski definition) is 1. The van der Waals surface area contributed by atoms with Crippen molar-refractivity contribution in [2.75, 3.05) is 4.72 Å². The quantitative estimate of drug-likeness (QED) is 0.125. The second-order valence-electron chi connectivity index (χ2n) is 10.0. The number of ether oxygens (including phenoxy) is 2. The van der Waals surface area contributed by atoms with Gasteiger partial charge in [0.15, 0.2) is 11.9 Å². The Balaban J connectivity index is 1.45. The van der Waals surface area contributed by atoms with Crippen LogP contribution in [0, 0.1) is 0 Å². The van der Waals surface area contributed by atoms with Crippen LogP contribution in [-0.4, -0.2) is 14.4 Å². The predicted octanol–water partition coefficient (Wildman–Crippen LogP) is 9.26. The average Bonchev–Trinajstić information content (AvgIpc) is 3.04. The number of sulfonamides is 1. The normalized spacial score (nSPS) is 12.1. The lowest BCUT2D eigenvalue weighted by molar-refractivity contribution is -0.143. The lowest BCUT2D eigenvalue weighted by atomic mass is 10.0. The molecule has 0 fully saturated rings. The van der Waals surface area contributed by atoms with E-state index in [2.05, 4.69) is 0 Å². The topological polar surface area (TPSA) is 81.7 Å².